The summed E-state index contributed by atoms with van der Waals surface area (Å²) in [4.78, 5) is 18.7. The van der Waals surface area contributed by atoms with Crippen LogP contribution in [0.4, 0.5) is 16.6 Å². The highest BCUT2D eigenvalue weighted by Crippen LogP contribution is 2.55. The van der Waals surface area contributed by atoms with Crippen molar-refractivity contribution in [1.29, 1.82) is 5.26 Å². The zero-order valence-corrected chi connectivity index (χ0v) is 27.4. The van der Waals surface area contributed by atoms with E-state index in [1.54, 1.807) is 11.3 Å². The first kappa shape index (κ1) is 29.5. The van der Waals surface area contributed by atoms with E-state index < -0.39 is 11.0 Å². The van der Waals surface area contributed by atoms with Gasteiger partial charge in [0.25, 0.3) is 0 Å². The summed E-state index contributed by atoms with van der Waals surface area (Å²) in [5, 5.41) is 26.1. The van der Waals surface area contributed by atoms with E-state index in [1.807, 2.05) is 20.9 Å². The summed E-state index contributed by atoms with van der Waals surface area (Å²) in [5.41, 5.74) is 9.66. The highest BCUT2D eigenvalue weighted by atomic mass is 32.1. The highest BCUT2D eigenvalue weighted by Gasteiger charge is 2.49. The lowest BCUT2D eigenvalue weighted by molar-refractivity contribution is 0.0884. The minimum Gasteiger partial charge on any atom is -0.389 e. The van der Waals surface area contributed by atoms with Crippen LogP contribution in [0.1, 0.15) is 92.2 Å². The second kappa shape index (κ2) is 10.7. The Kier molecular flexibility index (Phi) is 7.18. The second-order valence-corrected chi connectivity index (χ2v) is 15.2. The normalized spacial score (nSPS) is 23.8. The number of rotatable bonds is 6. The third kappa shape index (κ3) is 4.60. The fourth-order valence-corrected chi connectivity index (χ4v) is 9.86. The molecule has 11 heteroatoms. The Morgan fingerprint density at radius 1 is 1.18 bits per heavy atom. The van der Waals surface area contributed by atoms with Gasteiger partial charge in [0.15, 0.2) is 17.3 Å². The Labute approximate surface area is 263 Å². The Bertz CT molecular complexity index is 1630. The van der Waals surface area contributed by atoms with Crippen LogP contribution in [0.25, 0.3) is 11.5 Å². The van der Waals surface area contributed by atoms with E-state index in [9.17, 15) is 10.4 Å². The molecule has 0 aromatic carbocycles. The molecule has 5 heterocycles. The summed E-state index contributed by atoms with van der Waals surface area (Å²) in [6.45, 7) is 8.44. The van der Waals surface area contributed by atoms with E-state index >= 15 is 0 Å². The number of likely N-dealkylation sites (tertiary alicyclic amines) is 1. The summed E-state index contributed by atoms with van der Waals surface area (Å²) < 4.78 is 6.32. The van der Waals surface area contributed by atoms with Crippen molar-refractivity contribution in [3.63, 3.8) is 0 Å². The van der Waals surface area contributed by atoms with Gasteiger partial charge in [0, 0.05) is 48.2 Å². The molecule has 1 saturated heterocycles. The van der Waals surface area contributed by atoms with Crippen LogP contribution in [-0.4, -0.2) is 76.5 Å². The molecule has 7 rings (SSSR count). The lowest BCUT2D eigenvalue weighted by Crippen LogP contribution is -2.46. The van der Waals surface area contributed by atoms with Crippen LogP contribution in [-0.2, 0) is 24.7 Å². The third-order valence-electron chi connectivity index (χ3n) is 10.5. The number of aromatic nitrogens is 3. The molecule has 2 unspecified atom stereocenters. The van der Waals surface area contributed by atoms with E-state index in [-0.39, 0.29) is 0 Å². The van der Waals surface area contributed by atoms with Crippen molar-refractivity contribution in [2.75, 3.05) is 49.3 Å². The molecule has 0 saturated carbocycles. The molecule has 3 aromatic rings. The minimum atomic E-state index is -0.885. The quantitative estimate of drug-likeness (QED) is 0.403. The molecule has 1 fully saturated rings. The van der Waals surface area contributed by atoms with E-state index in [0.29, 0.717) is 40.7 Å². The second-order valence-electron chi connectivity index (χ2n) is 14.1. The minimum absolute atomic E-state index is 0.308. The van der Waals surface area contributed by atoms with E-state index in [2.05, 4.69) is 34.7 Å². The number of hydrogen-bond donors (Lipinski definition) is 2. The first-order chi connectivity index (χ1) is 21.0. The van der Waals surface area contributed by atoms with Crippen LogP contribution in [0.5, 0.6) is 0 Å². The lowest BCUT2D eigenvalue weighted by Gasteiger charge is -2.39. The molecule has 3 N–H and O–H groups in total. The highest BCUT2D eigenvalue weighted by molar-refractivity contribution is 7.16. The maximum atomic E-state index is 10.7. The first-order valence-corrected chi connectivity index (χ1v) is 17.0. The SMILES string of the molecule is CC(C1CCCN1C)N1CCc2c(N(C)CC(C)(C)O)nc(-c3noc4c3CCC[C@@]43CCCc4sc(N)c(C#N)c43)nc21. The molecule has 3 aromatic heterocycles. The van der Waals surface area contributed by atoms with Gasteiger partial charge in [-0.05, 0) is 97.7 Å². The van der Waals surface area contributed by atoms with Crippen LogP contribution >= 0.6 is 11.3 Å². The van der Waals surface area contributed by atoms with Crippen molar-refractivity contribution in [3.8, 4) is 17.6 Å². The van der Waals surface area contributed by atoms with Gasteiger partial charge in [-0.15, -0.1) is 11.3 Å². The summed E-state index contributed by atoms with van der Waals surface area (Å²) in [6, 6.07) is 3.20. The molecule has 0 radical (unpaired) electrons. The van der Waals surface area contributed by atoms with Crippen molar-refractivity contribution in [1.82, 2.24) is 20.0 Å². The zero-order chi connectivity index (χ0) is 31.0. The number of aryl methyl sites for hydroxylation is 1. The number of aliphatic hydroxyl groups is 1. The van der Waals surface area contributed by atoms with Gasteiger partial charge in [0.1, 0.15) is 22.7 Å². The van der Waals surface area contributed by atoms with Gasteiger partial charge in [-0.3, -0.25) is 0 Å². The van der Waals surface area contributed by atoms with Gasteiger partial charge in [0.05, 0.1) is 16.6 Å². The van der Waals surface area contributed by atoms with E-state index in [4.69, 9.17) is 25.4 Å². The Balaban J connectivity index is 1.36. The number of likely N-dealkylation sites (N-methyl/N-ethyl adjacent to an activating group) is 2. The topological polar surface area (TPSA) is 132 Å². The average Bonchev–Trinajstić information content (AvgIpc) is 3.76. The van der Waals surface area contributed by atoms with Crippen molar-refractivity contribution in [2.45, 2.75) is 102 Å². The molecule has 234 valence electrons. The Hall–Kier alpha value is -3.20. The molecule has 1 spiro atoms. The standard InChI is InChI=1S/C33H44N8O2S/c1-19(23-10-8-15-39(23)4)41-16-12-21-30(40(5)18-32(2,3)42)36-29(37-31(21)41)26-20-9-6-13-33(27(20)43-38-26)14-7-11-24-25(33)22(17-34)28(35)44-24/h19,23,42H,6-16,18,35H2,1-5H3/t19?,23?,33-/m0/s1. The number of nitrogen functional groups attached to an aromatic ring is 1. The van der Waals surface area contributed by atoms with Gasteiger partial charge in [-0.25, -0.2) is 9.97 Å². The molecule has 0 bridgehead atoms. The third-order valence-corrected chi connectivity index (χ3v) is 11.6. The fourth-order valence-electron chi connectivity index (χ4n) is 8.70. The molecule has 0 amide bonds. The van der Waals surface area contributed by atoms with Crippen molar-refractivity contribution in [3.05, 3.63) is 32.9 Å². The van der Waals surface area contributed by atoms with Crippen LogP contribution in [0.15, 0.2) is 4.52 Å². The molecule has 3 atom stereocenters. The largest absolute Gasteiger partial charge is 0.389 e. The maximum absolute atomic E-state index is 10.7. The fraction of sp³-hybridized carbons (Fsp3) is 0.636. The van der Waals surface area contributed by atoms with Gasteiger partial charge in [0.2, 0.25) is 0 Å². The molecular weight excluding hydrogens is 572 g/mol. The predicted octanol–water partition coefficient (Wildman–Crippen LogP) is 4.66. The first-order valence-electron chi connectivity index (χ1n) is 16.1. The van der Waals surface area contributed by atoms with Gasteiger partial charge in [-0.1, -0.05) is 5.16 Å². The van der Waals surface area contributed by atoms with Crippen LogP contribution in [0, 0.1) is 11.3 Å². The van der Waals surface area contributed by atoms with Crippen LogP contribution in [0.3, 0.4) is 0 Å². The van der Waals surface area contributed by atoms with Crippen molar-refractivity contribution in [2.24, 2.45) is 0 Å². The molecule has 10 nitrogen and oxygen atoms in total. The van der Waals surface area contributed by atoms with Crippen LogP contribution < -0.4 is 15.5 Å². The number of nitrogens with zero attached hydrogens (tertiary/aromatic N) is 7. The maximum Gasteiger partial charge on any atom is 0.186 e. The summed E-state index contributed by atoms with van der Waals surface area (Å²) in [7, 11) is 4.23. The Morgan fingerprint density at radius 3 is 2.66 bits per heavy atom. The van der Waals surface area contributed by atoms with Crippen molar-refractivity contribution >= 4 is 28.0 Å². The van der Waals surface area contributed by atoms with Gasteiger partial charge < -0.3 is 30.1 Å². The molecule has 2 aliphatic carbocycles. The summed E-state index contributed by atoms with van der Waals surface area (Å²) >= 11 is 1.56. The number of fused-ring (bicyclic) bond motifs is 5. The smallest absolute Gasteiger partial charge is 0.186 e. The Morgan fingerprint density at radius 2 is 1.95 bits per heavy atom. The molecule has 4 aliphatic rings. The number of nitriles is 1. The summed E-state index contributed by atoms with van der Waals surface area (Å²) in [5.74, 6) is 3.26. The average molecular weight is 617 g/mol. The monoisotopic (exact) mass is 616 g/mol. The summed E-state index contributed by atoms with van der Waals surface area (Å²) in [6.07, 6.45) is 8.86. The van der Waals surface area contributed by atoms with Gasteiger partial charge in [-0.2, -0.15) is 5.26 Å². The van der Waals surface area contributed by atoms with E-state index in [0.717, 1.165) is 92.1 Å². The number of nitrogens with two attached hydrogens (primary N) is 1. The van der Waals surface area contributed by atoms with Crippen molar-refractivity contribution < 1.29 is 9.63 Å². The number of anilines is 3. The van der Waals surface area contributed by atoms with Gasteiger partial charge >= 0.3 is 0 Å². The lowest BCUT2D eigenvalue weighted by atomic mass is 9.63. The number of thiophene rings is 1. The zero-order valence-electron chi connectivity index (χ0n) is 26.6. The molecule has 44 heavy (non-hydrogen) atoms. The predicted molar refractivity (Wildman–Crippen MR) is 173 cm³/mol. The van der Waals surface area contributed by atoms with Crippen LogP contribution in [0.2, 0.25) is 0 Å². The molecular formula is C33H44N8O2S. The van der Waals surface area contributed by atoms with E-state index in [1.165, 1.54) is 17.7 Å². The molecule has 2 aliphatic heterocycles. The number of hydrogen-bond acceptors (Lipinski definition) is 11.